The van der Waals surface area contributed by atoms with Crippen molar-refractivity contribution in [3.8, 4) is 0 Å². The van der Waals surface area contributed by atoms with E-state index >= 15 is 0 Å². The van der Waals surface area contributed by atoms with Crippen LogP contribution < -0.4 is 0 Å². The van der Waals surface area contributed by atoms with Gasteiger partial charge in [-0.1, -0.05) is 18.2 Å². The minimum absolute atomic E-state index is 0.384. The molecule has 3 rings (SSSR count). The third-order valence-corrected chi connectivity index (χ3v) is 4.39. The van der Waals surface area contributed by atoms with Crippen LogP contribution in [0.2, 0.25) is 0 Å². The van der Waals surface area contributed by atoms with E-state index in [-0.39, 0.29) is 0 Å². The first-order valence-corrected chi connectivity index (χ1v) is 7.30. The molecule has 0 N–H and O–H groups in total. The first-order chi connectivity index (χ1) is 8.78. The van der Waals surface area contributed by atoms with Gasteiger partial charge < -0.3 is 0 Å². The van der Waals surface area contributed by atoms with Crippen molar-refractivity contribution in [2.45, 2.75) is 44.5 Å². The van der Waals surface area contributed by atoms with E-state index in [0.29, 0.717) is 5.38 Å². The highest BCUT2D eigenvalue weighted by atomic mass is 35.5. The Hall–Kier alpha value is -1.02. The number of fused-ring (bicyclic) bond motifs is 1. The maximum Gasteiger partial charge on any atom is 0.0706 e. The van der Waals surface area contributed by atoms with Crippen LogP contribution in [0, 0.1) is 5.92 Å². The summed E-state index contributed by atoms with van der Waals surface area (Å²) in [5, 5.41) is 6.47. The average molecular weight is 263 g/mol. The molecule has 0 aliphatic heterocycles. The second kappa shape index (κ2) is 4.93. The number of aromatic nitrogens is 2. The molecular formula is C15H19ClN2. The van der Waals surface area contributed by atoms with Crippen LogP contribution in [0.5, 0.6) is 0 Å². The third-order valence-electron chi connectivity index (χ3n) is 3.99. The zero-order valence-corrected chi connectivity index (χ0v) is 11.5. The molecule has 96 valence electrons. The zero-order chi connectivity index (χ0) is 12.5. The molecule has 1 aromatic carbocycles. The zero-order valence-electron chi connectivity index (χ0n) is 10.8. The summed E-state index contributed by atoms with van der Waals surface area (Å²) in [6.45, 7) is 3.08. The van der Waals surface area contributed by atoms with Crippen LogP contribution in [0.3, 0.4) is 0 Å². The predicted octanol–water partition coefficient (Wildman–Crippen LogP) is 4.01. The molecule has 18 heavy (non-hydrogen) atoms. The van der Waals surface area contributed by atoms with Gasteiger partial charge in [0.05, 0.1) is 11.2 Å². The molecule has 2 aromatic rings. The fourth-order valence-electron chi connectivity index (χ4n) is 3.06. The third kappa shape index (κ3) is 2.14. The molecule has 0 spiro atoms. The van der Waals surface area contributed by atoms with Gasteiger partial charge in [-0.25, -0.2) is 0 Å². The van der Waals surface area contributed by atoms with Gasteiger partial charge in [-0.15, -0.1) is 11.6 Å². The van der Waals surface area contributed by atoms with Crippen molar-refractivity contribution >= 4 is 22.5 Å². The monoisotopic (exact) mass is 262 g/mol. The van der Waals surface area contributed by atoms with Crippen LogP contribution >= 0.6 is 11.6 Å². The normalized spacial score (nSPS) is 23.9. The predicted molar refractivity (Wildman–Crippen MR) is 76.1 cm³/mol. The van der Waals surface area contributed by atoms with E-state index in [9.17, 15) is 0 Å². The van der Waals surface area contributed by atoms with Crippen molar-refractivity contribution < 1.29 is 0 Å². The van der Waals surface area contributed by atoms with Crippen molar-refractivity contribution in [3.63, 3.8) is 0 Å². The summed E-state index contributed by atoms with van der Waals surface area (Å²) in [5.41, 5.74) is 2.51. The van der Waals surface area contributed by atoms with E-state index in [1.807, 2.05) is 0 Å². The summed E-state index contributed by atoms with van der Waals surface area (Å²) in [6.07, 6.45) is 4.64. The number of alkyl halides is 1. The Morgan fingerprint density at radius 2 is 2.17 bits per heavy atom. The first-order valence-electron chi connectivity index (χ1n) is 6.86. The topological polar surface area (TPSA) is 17.8 Å². The average Bonchev–Trinajstić information content (AvgIpc) is 2.95. The highest BCUT2D eigenvalue weighted by Gasteiger charge is 2.24. The van der Waals surface area contributed by atoms with E-state index < -0.39 is 0 Å². The minimum atomic E-state index is 0.384. The Kier molecular flexibility index (Phi) is 3.29. The van der Waals surface area contributed by atoms with Crippen molar-refractivity contribution in [2.24, 2.45) is 5.92 Å². The van der Waals surface area contributed by atoms with Gasteiger partial charge in [0.15, 0.2) is 0 Å². The van der Waals surface area contributed by atoms with Crippen molar-refractivity contribution in [2.75, 3.05) is 0 Å². The lowest BCUT2D eigenvalue weighted by Gasteiger charge is -2.06. The maximum absolute atomic E-state index is 6.20. The van der Waals surface area contributed by atoms with Gasteiger partial charge in [0.25, 0.3) is 0 Å². The number of hydrogen-bond acceptors (Lipinski definition) is 1. The Morgan fingerprint density at radius 3 is 2.89 bits per heavy atom. The molecule has 0 bridgehead atoms. The molecule has 0 radical (unpaired) electrons. The molecular weight excluding hydrogens is 244 g/mol. The molecule has 0 saturated heterocycles. The Morgan fingerprint density at radius 1 is 1.33 bits per heavy atom. The molecule has 1 aromatic heterocycles. The van der Waals surface area contributed by atoms with Crippen LogP contribution in [-0.2, 0) is 13.0 Å². The molecule has 2 unspecified atom stereocenters. The van der Waals surface area contributed by atoms with Crippen LogP contribution in [-0.4, -0.2) is 15.2 Å². The lowest BCUT2D eigenvalue weighted by molar-refractivity contribution is 0.532. The summed E-state index contributed by atoms with van der Waals surface area (Å²) in [4.78, 5) is 0. The van der Waals surface area contributed by atoms with Gasteiger partial charge >= 0.3 is 0 Å². The Bertz CT molecular complexity index is 546. The summed E-state index contributed by atoms with van der Waals surface area (Å²) in [5.74, 6) is 0.719. The smallest absolute Gasteiger partial charge is 0.0706 e. The van der Waals surface area contributed by atoms with Gasteiger partial charge in [0, 0.05) is 17.3 Å². The van der Waals surface area contributed by atoms with Gasteiger partial charge in [-0.3, -0.25) is 4.68 Å². The summed E-state index contributed by atoms with van der Waals surface area (Å²) < 4.78 is 2.11. The molecule has 1 heterocycles. The van der Waals surface area contributed by atoms with E-state index in [1.165, 1.54) is 29.4 Å². The second-order valence-corrected chi connectivity index (χ2v) is 5.88. The molecule has 2 atom stereocenters. The van der Waals surface area contributed by atoms with E-state index in [2.05, 4.69) is 35.9 Å². The van der Waals surface area contributed by atoms with Crippen LogP contribution in [0.25, 0.3) is 10.9 Å². The lowest BCUT2D eigenvalue weighted by Crippen LogP contribution is -2.03. The second-order valence-electron chi connectivity index (χ2n) is 5.26. The highest BCUT2D eigenvalue weighted by molar-refractivity contribution is 6.20. The maximum atomic E-state index is 6.20. The molecule has 1 saturated carbocycles. The van der Waals surface area contributed by atoms with Crippen molar-refractivity contribution in [1.29, 1.82) is 0 Å². The molecule has 0 amide bonds. The SMILES string of the molecule is CCn1nc(CC2CCC(Cl)C2)c2ccccc21. The summed E-state index contributed by atoms with van der Waals surface area (Å²) in [6, 6.07) is 8.54. The van der Waals surface area contributed by atoms with E-state index in [1.54, 1.807) is 0 Å². The lowest BCUT2D eigenvalue weighted by atomic mass is 10.00. The van der Waals surface area contributed by atoms with Crippen molar-refractivity contribution in [1.82, 2.24) is 9.78 Å². The standard InChI is InChI=1S/C15H19ClN2/c1-2-18-15-6-4-3-5-13(15)14(17-18)10-11-7-8-12(16)9-11/h3-6,11-12H,2,7-10H2,1H3. The fourth-order valence-corrected chi connectivity index (χ4v) is 3.44. The van der Waals surface area contributed by atoms with Crippen LogP contribution in [0.1, 0.15) is 31.9 Å². The number of nitrogens with zero attached hydrogens (tertiary/aromatic N) is 2. The van der Waals surface area contributed by atoms with Crippen molar-refractivity contribution in [3.05, 3.63) is 30.0 Å². The molecule has 1 fully saturated rings. The summed E-state index contributed by atoms with van der Waals surface area (Å²) >= 11 is 6.20. The van der Waals surface area contributed by atoms with Gasteiger partial charge in [0.1, 0.15) is 0 Å². The van der Waals surface area contributed by atoms with E-state index in [4.69, 9.17) is 16.7 Å². The van der Waals surface area contributed by atoms with E-state index in [0.717, 1.165) is 25.3 Å². The van der Waals surface area contributed by atoms with Gasteiger partial charge in [0.2, 0.25) is 0 Å². The molecule has 2 nitrogen and oxygen atoms in total. The number of benzene rings is 1. The molecule has 3 heteroatoms. The number of para-hydroxylation sites is 1. The molecule has 1 aliphatic carbocycles. The number of hydrogen-bond donors (Lipinski definition) is 0. The molecule has 1 aliphatic rings. The van der Waals surface area contributed by atoms with Crippen LogP contribution in [0.15, 0.2) is 24.3 Å². The van der Waals surface area contributed by atoms with Gasteiger partial charge in [-0.05, 0) is 44.6 Å². The minimum Gasteiger partial charge on any atom is -0.265 e. The quantitative estimate of drug-likeness (QED) is 0.765. The van der Waals surface area contributed by atoms with Gasteiger partial charge in [-0.2, -0.15) is 5.10 Å². The van der Waals surface area contributed by atoms with Crippen LogP contribution in [0.4, 0.5) is 0 Å². The number of halogens is 1. The Balaban J connectivity index is 1.92. The summed E-state index contributed by atoms with van der Waals surface area (Å²) in [7, 11) is 0. The highest BCUT2D eigenvalue weighted by Crippen LogP contribution is 2.33. The fraction of sp³-hybridized carbons (Fsp3) is 0.533. The first kappa shape index (κ1) is 12.0. The number of rotatable bonds is 3. The number of aryl methyl sites for hydroxylation is 1. The Labute approximate surface area is 113 Å². The largest absolute Gasteiger partial charge is 0.265 e.